The number of likely N-dealkylation sites (tertiary alicyclic amines) is 1. The van der Waals surface area contributed by atoms with E-state index in [0.29, 0.717) is 6.10 Å². The van der Waals surface area contributed by atoms with Crippen LogP contribution in [-0.4, -0.2) is 85.3 Å². The summed E-state index contributed by atoms with van der Waals surface area (Å²) in [5.41, 5.74) is 0.128. The monoisotopic (exact) mass is 484 g/mol. The number of nitrogens with one attached hydrogen (secondary N) is 1. The predicted octanol–water partition coefficient (Wildman–Crippen LogP) is 2.90. The van der Waals surface area contributed by atoms with Crippen molar-refractivity contribution < 1.29 is 4.74 Å². The lowest BCUT2D eigenvalue weighted by Crippen LogP contribution is -2.57. The summed E-state index contributed by atoms with van der Waals surface area (Å²) >= 11 is 2.10. The van der Waals surface area contributed by atoms with Gasteiger partial charge in [0.05, 0.1) is 6.10 Å². The molecule has 2 aliphatic heterocycles. The third-order valence-corrected chi connectivity index (χ3v) is 6.79. The number of methoxy groups -OCH3 is 1. The highest BCUT2D eigenvalue weighted by molar-refractivity contribution is 14.0. The molecule has 2 aliphatic rings. The van der Waals surface area contributed by atoms with Gasteiger partial charge in [0.2, 0.25) is 0 Å². The Morgan fingerprint density at radius 3 is 2.52 bits per heavy atom. The zero-order valence-corrected chi connectivity index (χ0v) is 19.7. The fraction of sp³-hybridized carbons (Fsp3) is 0.944. The van der Waals surface area contributed by atoms with Crippen LogP contribution in [0.4, 0.5) is 0 Å². The van der Waals surface area contributed by atoms with Gasteiger partial charge in [-0.05, 0) is 33.1 Å². The molecule has 0 aromatic heterocycles. The van der Waals surface area contributed by atoms with Gasteiger partial charge in [-0.1, -0.05) is 6.92 Å². The first kappa shape index (κ1) is 23.3. The molecule has 1 atom stereocenters. The van der Waals surface area contributed by atoms with Crippen LogP contribution in [0.2, 0.25) is 0 Å². The Labute approximate surface area is 175 Å². The van der Waals surface area contributed by atoms with Crippen LogP contribution in [0.15, 0.2) is 4.99 Å². The third-order valence-electron chi connectivity index (χ3n) is 5.42. The number of rotatable bonds is 5. The van der Waals surface area contributed by atoms with E-state index in [1.807, 2.05) is 14.2 Å². The summed E-state index contributed by atoms with van der Waals surface area (Å²) in [6.45, 7) is 12.3. The highest BCUT2D eigenvalue weighted by Crippen LogP contribution is 2.23. The summed E-state index contributed by atoms with van der Waals surface area (Å²) in [6.07, 6.45) is 3.94. The number of aliphatic imine (C=N–C) groups is 1. The van der Waals surface area contributed by atoms with Gasteiger partial charge in [0.25, 0.3) is 0 Å². The maximum absolute atomic E-state index is 5.50. The summed E-state index contributed by atoms with van der Waals surface area (Å²) in [4.78, 5) is 9.55. The van der Waals surface area contributed by atoms with E-state index >= 15 is 0 Å². The highest BCUT2D eigenvalue weighted by Gasteiger charge is 2.31. The second-order valence-corrected chi connectivity index (χ2v) is 8.89. The van der Waals surface area contributed by atoms with Crippen LogP contribution in [0.1, 0.15) is 40.0 Å². The van der Waals surface area contributed by atoms with Gasteiger partial charge in [0.15, 0.2) is 5.96 Å². The second kappa shape index (κ2) is 11.2. The van der Waals surface area contributed by atoms with E-state index in [1.54, 1.807) is 0 Å². The number of guanidine groups is 1. The van der Waals surface area contributed by atoms with Gasteiger partial charge in [-0.15, -0.1) is 24.0 Å². The van der Waals surface area contributed by atoms with Crippen LogP contribution in [0.5, 0.6) is 0 Å². The largest absolute Gasteiger partial charge is 0.381 e. The van der Waals surface area contributed by atoms with Crippen molar-refractivity contribution in [3.05, 3.63) is 0 Å². The molecule has 0 bridgehead atoms. The van der Waals surface area contributed by atoms with E-state index in [-0.39, 0.29) is 29.5 Å². The molecule has 0 amide bonds. The number of hydrogen-bond acceptors (Lipinski definition) is 4. The van der Waals surface area contributed by atoms with Crippen LogP contribution in [0.3, 0.4) is 0 Å². The maximum Gasteiger partial charge on any atom is 0.193 e. The summed E-state index contributed by atoms with van der Waals surface area (Å²) in [5, 5.41) is 4.37. The number of ether oxygens (including phenoxy) is 1. The Morgan fingerprint density at radius 1 is 1.28 bits per heavy atom. The molecule has 0 radical (unpaired) electrons. The number of halogens is 1. The van der Waals surface area contributed by atoms with E-state index < -0.39 is 0 Å². The molecule has 1 N–H and O–H groups in total. The molecule has 7 heteroatoms. The van der Waals surface area contributed by atoms with Crippen molar-refractivity contribution >= 4 is 41.7 Å². The predicted molar refractivity (Wildman–Crippen MR) is 121 cm³/mol. The van der Waals surface area contributed by atoms with Crippen LogP contribution in [0, 0.1) is 0 Å². The van der Waals surface area contributed by atoms with Gasteiger partial charge in [-0.3, -0.25) is 9.89 Å². The van der Waals surface area contributed by atoms with Gasteiger partial charge in [-0.25, -0.2) is 0 Å². The molecule has 0 saturated carbocycles. The van der Waals surface area contributed by atoms with Crippen molar-refractivity contribution in [1.82, 2.24) is 15.1 Å². The lowest BCUT2D eigenvalue weighted by Gasteiger charge is -2.43. The Balaban J connectivity index is 0.00000312. The summed E-state index contributed by atoms with van der Waals surface area (Å²) < 4.78 is 5.50. The Bertz CT molecular complexity index is 414. The molecule has 148 valence electrons. The van der Waals surface area contributed by atoms with Crippen molar-refractivity contribution in [1.29, 1.82) is 0 Å². The molecule has 2 heterocycles. The molecule has 0 spiro atoms. The van der Waals surface area contributed by atoms with E-state index in [1.165, 1.54) is 12.2 Å². The summed E-state index contributed by atoms with van der Waals surface area (Å²) in [5.74, 6) is 2.27. The molecule has 0 aliphatic carbocycles. The van der Waals surface area contributed by atoms with Gasteiger partial charge >= 0.3 is 0 Å². The zero-order valence-electron chi connectivity index (χ0n) is 16.6. The Morgan fingerprint density at radius 2 is 1.96 bits per heavy atom. The van der Waals surface area contributed by atoms with Gasteiger partial charge < -0.3 is 15.0 Å². The van der Waals surface area contributed by atoms with Crippen LogP contribution in [-0.2, 0) is 4.74 Å². The zero-order chi connectivity index (χ0) is 17.6. The first-order valence-electron chi connectivity index (χ1n) is 9.35. The summed E-state index contributed by atoms with van der Waals surface area (Å²) in [6, 6.07) is 0. The molecular formula is C18H37IN4OS. The van der Waals surface area contributed by atoms with Crippen molar-refractivity contribution in [2.24, 2.45) is 4.99 Å². The SMILES string of the molecule is CCC1CN(C(=NC)NCC(C)(C)N2CCC(OC)CC2)CCS1.I. The lowest BCUT2D eigenvalue weighted by atomic mass is 9.97. The molecule has 25 heavy (non-hydrogen) atoms. The minimum atomic E-state index is 0. The minimum Gasteiger partial charge on any atom is -0.381 e. The van der Waals surface area contributed by atoms with Crippen molar-refractivity contribution in [2.75, 3.05) is 52.6 Å². The fourth-order valence-electron chi connectivity index (χ4n) is 3.59. The lowest BCUT2D eigenvalue weighted by molar-refractivity contribution is 0.00765. The molecule has 0 aromatic carbocycles. The first-order valence-corrected chi connectivity index (χ1v) is 10.4. The normalized spacial score (nSPS) is 24.1. The third kappa shape index (κ3) is 6.74. The van der Waals surface area contributed by atoms with Crippen LogP contribution < -0.4 is 5.32 Å². The van der Waals surface area contributed by atoms with E-state index in [4.69, 9.17) is 4.74 Å². The second-order valence-electron chi connectivity index (χ2n) is 7.48. The number of nitrogens with zero attached hydrogens (tertiary/aromatic N) is 3. The van der Waals surface area contributed by atoms with Gasteiger partial charge in [0.1, 0.15) is 0 Å². The average molecular weight is 484 g/mol. The number of hydrogen-bond donors (Lipinski definition) is 1. The van der Waals surface area contributed by atoms with Crippen LogP contribution in [0.25, 0.3) is 0 Å². The highest BCUT2D eigenvalue weighted by atomic mass is 127. The molecule has 2 fully saturated rings. The smallest absolute Gasteiger partial charge is 0.193 e. The molecular weight excluding hydrogens is 447 g/mol. The quantitative estimate of drug-likeness (QED) is 0.369. The maximum atomic E-state index is 5.50. The molecule has 1 unspecified atom stereocenters. The standard InChI is InChI=1S/C18H36N4OS.HI/c1-6-16-13-21(11-12-24-16)17(19-4)20-14-18(2,3)22-9-7-15(23-5)8-10-22;/h15-16H,6-14H2,1-5H3,(H,19,20);1H. The minimum absolute atomic E-state index is 0. The molecule has 5 nitrogen and oxygen atoms in total. The number of piperidine rings is 1. The molecule has 2 saturated heterocycles. The Hall–Kier alpha value is 0.270. The van der Waals surface area contributed by atoms with Crippen molar-refractivity contribution in [3.63, 3.8) is 0 Å². The fourth-order valence-corrected chi connectivity index (χ4v) is 4.78. The van der Waals surface area contributed by atoms with E-state index in [9.17, 15) is 0 Å². The topological polar surface area (TPSA) is 40.1 Å². The summed E-state index contributed by atoms with van der Waals surface area (Å²) in [7, 11) is 3.74. The average Bonchev–Trinajstić information content (AvgIpc) is 2.62. The van der Waals surface area contributed by atoms with Gasteiger partial charge in [-0.2, -0.15) is 11.8 Å². The van der Waals surface area contributed by atoms with Crippen LogP contribution >= 0.6 is 35.7 Å². The van der Waals surface area contributed by atoms with Crippen molar-refractivity contribution in [2.45, 2.75) is 56.9 Å². The van der Waals surface area contributed by atoms with E-state index in [0.717, 1.165) is 56.8 Å². The van der Waals surface area contributed by atoms with Gasteiger partial charge in [0, 0.05) is 63.4 Å². The molecule has 2 rings (SSSR count). The van der Waals surface area contributed by atoms with E-state index in [2.05, 4.69) is 52.6 Å². The Kier molecular flexibility index (Phi) is 10.4. The van der Waals surface area contributed by atoms with Crippen molar-refractivity contribution in [3.8, 4) is 0 Å². The number of thioether (sulfide) groups is 1. The first-order chi connectivity index (χ1) is 11.5. The molecule has 0 aromatic rings.